The normalized spacial score (nSPS) is 15.3. The van der Waals surface area contributed by atoms with Crippen LogP contribution in [0.5, 0.6) is 5.75 Å². The third-order valence-electron chi connectivity index (χ3n) is 4.82. The number of hydrogen-bond acceptors (Lipinski definition) is 7. The van der Waals surface area contributed by atoms with Gasteiger partial charge >= 0.3 is 5.97 Å². The van der Waals surface area contributed by atoms with Crippen molar-refractivity contribution >= 4 is 35.1 Å². The molecule has 1 aliphatic rings. The van der Waals surface area contributed by atoms with Crippen LogP contribution in [0.3, 0.4) is 0 Å². The van der Waals surface area contributed by atoms with Gasteiger partial charge in [0, 0.05) is 26.9 Å². The third-order valence-corrected chi connectivity index (χ3v) is 5.41. The zero-order valence-corrected chi connectivity index (χ0v) is 18.3. The summed E-state index contributed by atoms with van der Waals surface area (Å²) < 4.78 is 12.9. The molecule has 4 rings (SSSR count). The number of nitrogens with zero attached hydrogens (tertiary/aromatic N) is 4. The van der Waals surface area contributed by atoms with Crippen molar-refractivity contribution in [3.05, 3.63) is 74.9 Å². The number of ether oxygens (including phenoxy) is 2. The average Bonchev–Trinajstić information content (AvgIpc) is 3.20. The van der Waals surface area contributed by atoms with Crippen molar-refractivity contribution in [1.29, 1.82) is 0 Å². The van der Waals surface area contributed by atoms with E-state index in [2.05, 4.69) is 20.8 Å². The Balaban J connectivity index is 1.73. The number of para-hydroxylation sites is 1. The van der Waals surface area contributed by atoms with Crippen LogP contribution in [0, 0.1) is 0 Å². The van der Waals surface area contributed by atoms with Gasteiger partial charge in [0.05, 0.1) is 12.2 Å². The molecule has 0 saturated carbocycles. The molecule has 1 aliphatic heterocycles. The highest BCUT2D eigenvalue weighted by atomic mass is 35.5. The van der Waals surface area contributed by atoms with Gasteiger partial charge in [0.1, 0.15) is 18.4 Å². The Morgan fingerprint density at radius 1 is 1.23 bits per heavy atom. The molecule has 1 N–H and O–H groups in total. The number of anilines is 1. The minimum Gasteiger partial charge on any atom is -0.488 e. The number of aromatic nitrogens is 4. The largest absolute Gasteiger partial charge is 0.488 e. The summed E-state index contributed by atoms with van der Waals surface area (Å²) in [5.74, 6) is 0.539. The predicted octanol–water partition coefficient (Wildman–Crippen LogP) is 4.41. The molecule has 2 heterocycles. The maximum atomic E-state index is 12.8. The molecule has 31 heavy (non-hydrogen) atoms. The van der Waals surface area contributed by atoms with Crippen LogP contribution in [0.4, 0.5) is 5.95 Å². The van der Waals surface area contributed by atoms with Gasteiger partial charge in [0.25, 0.3) is 0 Å². The molecule has 8 nitrogen and oxygen atoms in total. The summed E-state index contributed by atoms with van der Waals surface area (Å²) in [7, 11) is 0. The minimum absolute atomic E-state index is 0.220. The molecule has 2 aromatic carbocycles. The van der Waals surface area contributed by atoms with Gasteiger partial charge in [-0.15, -0.1) is 0 Å². The Bertz CT molecular complexity index is 1160. The van der Waals surface area contributed by atoms with E-state index in [4.69, 9.17) is 32.7 Å². The maximum Gasteiger partial charge on any atom is 0.338 e. The first kappa shape index (κ1) is 21.1. The molecule has 0 saturated heterocycles. The zero-order valence-electron chi connectivity index (χ0n) is 16.8. The van der Waals surface area contributed by atoms with Gasteiger partial charge in [-0.1, -0.05) is 52.6 Å². The van der Waals surface area contributed by atoms with E-state index in [1.165, 1.54) is 4.68 Å². The number of fused-ring (bicyclic) bond motifs is 1. The Hall–Kier alpha value is -3.10. The summed E-state index contributed by atoms with van der Waals surface area (Å²) in [4.78, 5) is 12.8. The van der Waals surface area contributed by atoms with Gasteiger partial charge in [-0.2, -0.15) is 4.68 Å². The highest BCUT2D eigenvalue weighted by Crippen LogP contribution is 2.39. The van der Waals surface area contributed by atoms with E-state index in [1.54, 1.807) is 26.0 Å². The van der Waals surface area contributed by atoms with E-state index in [1.807, 2.05) is 30.3 Å². The highest BCUT2D eigenvalue weighted by molar-refractivity contribution is 6.35. The molecule has 0 bridgehead atoms. The lowest BCUT2D eigenvalue weighted by molar-refractivity contribution is -0.139. The summed E-state index contributed by atoms with van der Waals surface area (Å²) in [6.45, 7) is 4.01. The van der Waals surface area contributed by atoms with Crippen LogP contribution in [-0.2, 0) is 16.1 Å². The van der Waals surface area contributed by atoms with Crippen molar-refractivity contribution in [2.24, 2.45) is 0 Å². The predicted molar refractivity (Wildman–Crippen MR) is 116 cm³/mol. The molecule has 3 aromatic rings. The fraction of sp³-hybridized carbons (Fsp3) is 0.238. The third kappa shape index (κ3) is 4.22. The van der Waals surface area contributed by atoms with Gasteiger partial charge in [-0.05, 0) is 42.5 Å². The quantitative estimate of drug-likeness (QED) is 0.545. The van der Waals surface area contributed by atoms with Gasteiger partial charge in [0.2, 0.25) is 5.95 Å². The fourth-order valence-electron chi connectivity index (χ4n) is 3.41. The van der Waals surface area contributed by atoms with Crippen LogP contribution in [0.15, 0.2) is 53.7 Å². The number of benzene rings is 2. The Kier molecular flexibility index (Phi) is 6.11. The zero-order chi connectivity index (χ0) is 22.0. The van der Waals surface area contributed by atoms with Gasteiger partial charge < -0.3 is 14.8 Å². The summed E-state index contributed by atoms with van der Waals surface area (Å²) in [5, 5.41) is 15.9. The number of rotatable bonds is 6. The molecule has 0 spiro atoms. The summed E-state index contributed by atoms with van der Waals surface area (Å²) >= 11 is 12.3. The second-order valence-corrected chi connectivity index (χ2v) is 7.64. The van der Waals surface area contributed by atoms with E-state index in [0.717, 1.165) is 5.56 Å². The molecule has 160 valence electrons. The Labute approximate surface area is 188 Å². The molecule has 0 aliphatic carbocycles. The number of carbonyl (C=O) groups excluding carboxylic acids is 1. The van der Waals surface area contributed by atoms with Crippen molar-refractivity contribution in [3.8, 4) is 5.75 Å². The topological polar surface area (TPSA) is 91.2 Å². The SMILES string of the molecule is CCOC(=O)C1=C(C)Nc2nnnn2C1c1ccccc1OCc1ccc(Cl)cc1Cl. The summed E-state index contributed by atoms with van der Waals surface area (Å²) in [6.07, 6.45) is 0. The van der Waals surface area contributed by atoms with Crippen molar-refractivity contribution in [2.75, 3.05) is 11.9 Å². The second kappa shape index (κ2) is 8.95. The van der Waals surface area contributed by atoms with Gasteiger partial charge in [-0.25, -0.2) is 4.79 Å². The minimum atomic E-state index is -0.623. The Morgan fingerprint density at radius 2 is 2.03 bits per heavy atom. The molecule has 1 aromatic heterocycles. The van der Waals surface area contributed by atoms with Crippen molar-refractivity contribution in [2.45, 2.75) is 26.5 Å². The van der Waals surface area contributed by atoms with E-state index < -0.39 is 12.0 Å². The average molecular weight is 460 g/mol. The van der Waals surface area contributed by atoms with Gasteiger partial charge in [-0.3, -0.25) is 0 Å². The van der Waals surface area contributed by atoms with Crippen LogP contribution < -0.4 is 10.1 Å². The number of halogens is 2. The van der Waals surface area contributed by atoms with Crippen LogP contribution in [0.1, 0.15) is 31.0 Å². The number of carbonyl (C=O) groups is 1. The standard InChI is InChI=1S/C21H19Cl2N5O3/c1-3-30-20(29)18-12(2)24-21-25-26-27-28(21)19(18)15-6-4-5-7-17(15)31-11-13-8-9-14(22)10-16(13)23/h4-10,19H,3,11H2,1-2H3,(H,24,25,27). The first-order chi connectivity index (χ1) is 15.0. The molecule has 10 heteroatoms. The van der Waals surface area contributed by atoms with Gasteiger partial charge in [0.15, 0.2) is 0 Å². The molecule has 1 unspecified atom stereocenters. The fourth-order valence-corrected chi connectivity index (χ4v) is 3.87. The van der Waals surface area contributed by atoms with Crippen LogP contribution in [0.25, 0.3) is 0 Å². The van der Waals surface area contributed by atoms with Crippen molar-refractivity contribution in [1.82, 2.24) is 20.2 Å². The highest BCUT2D eigenvalue weighted by Gasteiger charge is 2.36. The number of nitrogens with one attached hydrogen (secondary N) is 1. The van der Waals surface area contributed by atoms with Crippen molar-refractivity contribution in [3.63, 3.8) is 0 Å². The van der Waals surface area contributed by atoms with Crippen LogP contribution in [-0.4, -0.2) is 32.8 Å². The monoisotopic (exact) mass is 459 g/mol. The first-order valence-corrected chi connectivity index (χ1v) is 10.3. The summed E-state index contributed by atoms with van der Waals surface area (Å²) in [6, 6.07) is 12.0. The lowest BCUT2D eigenvalue weighted by Gasteiger charge is -2.28. The Morgan fingerprint density at radius 3 is 2.81 bits per heavy atom. The molecular weight excluding hydrogens is 441 g/mol. The maximum absolute atomic E-state index is 12.8. The second-order valence-electron chi connectivity index (χ2n) is 6.80. The number of hydrogen-bond donors (Lipinski definition) is 1. The molecule has 0 radical (unpaired) electrons. The molecular formula is C21H19Cl2N5O3. The van der Waals surface area contributed by atoms with Crippen LogP contribution in [0.2, 0.25) is 10.0 Å². The van der Waals surface area contributed by atoms with E-state index in [9.17, 15) is 4.79 Å². The van der Waals surface area contributed by atoms with Crippen molar-refractivity contribution < 1.29 is 14.3 Å². The first-order valence-electron chi connectivity index (χ1n) is 9.58. The molecule has 1 atom stereocenters. The number of allylic oxidation sites excluding steroid dienone is 1. The smallest absolute Gasteiger partial charge is 0.338 e. The lowest BCUT2D eigenvalue weighted by Crippen LogP contribution is -2.30. The van der Waals surface area contributed by atoms with Crippen LogP contribution >= 0.6 is 23.2 Å². The number of esters is 1. The van der Waals surface area contributed by atoms with E-state index in [0.29, 0.717) is 38.6 Å². The molecule has 0 fully saturated rings. The lowest BCUT2D eigenvalue weighted by atomic mass is 9.95. The van der Waals surface area contributed by atoms with E-state index in [-0.39, 0.29) is 13.2 Å². The van der Waals surface area contributed by atoms with E-state index >= 15 is 0 Å². The summed E-state index contributed by atoms with van der Waals surface area (Å²) in [5.41, 5.74) is 2.51. The molecule has 0 amide bonds. The number of tetrazole rings is 1.